The van der Waals surface area contributed by atoms with Crippen molar-refractivity contribution in [2.75, 3.05) is 20.2 Å². The number of hydrogen-bond acceptors (Lipinski definition) is 7. The van der Waals surface area contributed by atoms with Crippen molar-refractivity contribution in [2.24, 2.45) is 0 Å². The fourth-order valence-corrected chi connectivity index (χ4v) is 5.15. The van der Waals surface area contributed by atoms with Crippen LogP contribution < -0.4 is 15.6 Å². The maximum Gasteiger partial charge on any atom is 0.257 e. The Morgan fingerprint density at radius 1 is 1.33 bits per heavy atom. The molecule has 0 saturated heterocycles. The van der Waals surface area contributed by atoms with Gasteiger partial charge in [0.05, 0.1) is 31.3 Å². The number of aryl methyl sites for hydroxylation is 1. The fourth-order valence-electron chi connectivity index (χ4n) is 4.37. The second-order valence-corrected chi connectivity index (χ2v) is 8.88. The number of aromatic nitrogens is 3. The van der Waals surface area contributed by atoms with Crippen molar-refractivity contribution in [1.82, 2.24) is 24.2 Å². The summed E-state index contributed by atoms with van der Waals surface area (Å²) in [7, 11) is 1.48. The highest BCUT2D eigenvalue weighted by atomic mass is 32.1. The molecule has 0 aliphatic carbocycles. The molecular weight excluding hydrogens is 442 g/mol. The largest absolute Gasteiger partial charge is 0.496 e. The molecule has 4 aromatic rings. The number of nitrogens with zero attached hydrogens (tertiary/aromatic N) is 4. The Kier molecular flexibility index (Phi) is 5.77. The van der Waals surface area contributed by atoms with Crippen LogP contribution in [-0.4, -0.2) is 45.0 Å². The van der Waals surface area contributed by atoms with E-state index >= 15 is 0 Å². The zero-order valence-corrected chi connectivity index (χ0v) is 19.4. The molecule has 0 bridgehead atoms. The first-order chi connectivity index (χ1) is 16.0. The van der Waals surface area contributed by atoms with E-state index in [1.54, 1.807) is 34.3 Å². The number of imidazole rings is 1. The maximum atomic E-state index is 13.1. The van der Waals surface area contributed by atoms with Gasteiger partial charge in [0.25, 0.3) is 11.5 Å². The highest BCUT2D eigenvalue weighted by Crippen LogP contribution is 2.24. The molecule has 0 fully saturated rings. The first kappa shape index (κ1) is 21.5. The van der Waals surface area contributed by atoms with E-state index in [2.05, 4.69) is 19.6 Å². The predicted octanol–water partition coefficient (Wildman–Crippen LogP) is 2.46. The Balaban J connectivity index is 1.41. The minimum Gasteiger partial charge on any atom is -0.496 e. The third-order valence-electron chi connectivity index (χ3n) is 6.07. The van der Waals surface area contributed by atoms with Crippen LogP contribution in [0.5, 0.6) is 5.75 Å². The molecule has 5 heterocycles. The second kappa shape index (κ2) is 8.87. The molecule has 0 atom stereocenters. The van der Waals surface area contributed by atoms with Gasteiger partial charge in [0.2, 0.25) is 0 Å². The number of fused-ring (bicyclic) bond motifs is 2. The van der Waals surface area contributed by atoms with Crippen LogP contribution in [0.2, 0.25) is 0 Å². The number of carbonyl (C=O) groups excluding carboxylic acids is 1. The predicted molar refractivity (Wildman–Crippen MR) is 124 cm³/mol. The Morgan fingerprint density at radius 3 is 3.00 bits per heavy atom. The maximum absolute atomic E-state index is 13.1. The van der Waals surface area contributed by atoms with Crippen molar-refractivity contribution in [2.45, 2.75) is 33.0 Å². The molecule has 33 heavy (non-hydrogen) atoms. The van der Waals surface area contributed by atoms with Crippen LogP contribution >= 0.6 is 11.3 Å². The van der Waals surface area contributed by atoms with Gasteiger partial charge < -0.3 is 19.0 Å². The lowest BCUT2D eigenvalue weighted by molar-refractivity contribution is 0.0942. The van der Waals surface area contributed by atoms with Crippen molar-refractivity contribution in [1.29, 1.82) is 0 Å². The quantitative estimate of drug-likeness (QED) is 0.468. The summed E-state index contributed by atoms with van der Waals surface area (Å²) in [5, 5.41) is 4.92. The summed E-state index contributed by atoms with van der Waals surface area (Å²) in [5.41, 5.74) is 3.11. The molecule has 1 amide bonds. The molecule has 1 N–H and O–H groups in total. The summed E-state index contributed by atoms with van der Waals surface area (Å²) < 4.78 is 14.6. The van der Waals surface area contributed by atoms with E-state index in [0.29, 0.717) is 48.8 Å². The lowest BCUT2D eigenvalue weighted by Crippen LogP contribution is -2.31. The monoisotopic (exact) mass is 467 g/mol. The lowest BCUT2D eigenvalue weighted by atomic mass is 10.1. The van der Waals surface area contributed by atoms with Gasteiger partial charge in [-0.3, -0.25) is 18.9 Å². The van der Waals surface area contributed by atoms with E-state index in [4.69, 9.17) is 9.15 Å². The van der Waals surface area contributed by atoms with Gasteiger partial charge in [-0.15, -0.1) is 11.3 Å². The van der Waals surface area contributed by atoms with Gasteiger partial charge in [-0.1, -0.05) is 0 Å². The van der Waals surface area contributed by atoms with Gasteiger partial charge in [0, 0.05) is 55.9 Å². The van der Waals surface area contributed by atoms with Crippen LogP contribution in [0.15, 0.2) is 45.3 Å². The van der Waals surface area contributed by atoms with E-state index in [0.717, 1.165) is 22.9 Å². The van der Waals surface area contributed by atoms with Gasteiger partial charge in [-0.2, -0.15) is 0 Å². The van der Waals surface area contributed by atoms with E-state index in [1.807, 2.05) is 18.5 Å². The third-order valence-corrected chi connectivity index (χ3v) is 6.83. The van der Waals surface area contributed by atoms with Gasteiger partial charge in [-0.25, -0.2) is 4.98 Å². The molecule has 1 aliphatic rings. The minimum absolute atomic E-state index is 0.160. The number of hydrogen-bond donors (Lipinski definition) is 1. The molecule has 9 nitrogen and oxygen atoms in total. The molecule has 0 unspecified atom stereocenters. The SMILES string of the molecule is COc1cc(=O)n2c(c1C(=O)NCc1ccco1)CCN(Cc1c(C)nc3sccn13)CC2. The molecule has 5 rings (SSSR count). The van der Waals surface area contributed by atoms with Gasteiger partial charge in [0.15, 0.2) is 4.96 Å². The molecule has 10 heteroatoms. The molecule has 1 aliphatic heterocycles. The third kappa shape index (κ3) is 4.07. The van der Waals surface area contributed by atoms with Gasteiger partial charge in [0.1, 0.15) is 17.1 Å². The van der Waals surface area contributed by atoms with E-state index < -0.39 is 0 Å². The lowest BCUT2D eigenvalue weighted by Gasteiger charge is -2.19. The average Bonchev–Trinajstić information content (AvgIpc) is 3.50. The normalized spacial score (nSPS) is 14.2. The number of methoxy groups -OCH3 is 1. The number of ether oxygens (including phenoxy) is 1. The van der Waals surface area contributed by atoms with Crippen LogP contribution in [0.25, 0.3) is 4.96 Å². The topological polar surface area (TPSA) is 94.0 Å². The smallest absolute Gasteiger partial charge is 0.257 e. The van der Waals surface area contributed by atoms with Crippen molar-refractivity contribution in [3.8, 4) is 5.75 Å². The summed E-state index contributed by atoms with van der Waals surface area (Å²) in [4.78, 5) is 33.9. The first-order valence-electron chi connectivity index (χ1n) is 10.8. The highest BCUT2D eigenvalue weighted by molar-refractivity contribution is 7.15. The summed E-state index contributed by atoms with van der Waals surface area (Å²) in [6.45, 7) is 4.92. The molecular formula is C23H25N5O4S. The molecule has 0 saturated carbocycles. The molecule has 172 valence electrons. The molecule has 0 spiro atoms. The van der Waals surface area contributed by atoms with Crippen LogP contribution in [0.1, 0.15) is 33.2 Å². The van der Waals surface area contributed by atoms with Crippen LogP contribution in [0, 0.1) is 6.92 Å². The molecule has 0 aromatic carbocycles. The fraction of sp³-hybridized carbons (Fsp3) is 0.348. The van der Waals surface area contributed by atoms with E-state index in [-0.39, 0.29) is 18.0 Å². The van der Waals surface area contributed by atoms with Crippen molar-refractivity contribution in [3.63, 3.8) is 0 Å². The summed E-state index contributed by atoms with van der Waals surface area (Å²) in [6, 6.07) is 4.97. The van der Waals surface area contributed by atoms with Crippen molar-refractivity contribution < 1.29 is 13.9 Å². The number of nitrogens with one attached hydrogen (secondary N) is 1. The summed E-state index contributed by atoms with van der Waals surface area (Å²) >= 11 is 1.62. The zero-order valence-electron chi connectivity index (χ0n) is 18.5. The summed E-state index contributed by atoms with van der Waals surface area (Å²) in [5.74, 6) is 0.666. The second-order valence-electron chi connectivity index (χ2n) is 8.01. The Morgan fingerprint density at radius 2 is 2.21 bits per heavy atom. The molecule has 4 aromatic heterocycles. The zero-order chi connectivity index (χ0) is 22.9. The Hall–Kier alpha value is -3.37. The van der Waals surface area contributed by atoms with Gasteiger partial charge >= 0.3 is 0 Å². The van der Waals surface area contributed by atoms with Crippen molar-refractivity contribution in [3.05, 3.63) is 74.8 Å². The van der Waals surface area contributed by atoms with Crippen LogP contribution in [-0.2, 0) is 26.1 Å². The van der Waals surface area contributed by atoms with Crippen molar-refractivity contribution >= 4 is 22.2 Å². The highest BCUT2D eigenvalue weighted by Gasteiger charge is 2.26. The number of furan rings is 1. The number of amides is 1. The average molecular weight is 468 g/mol. The number of thiazole rings is 1. The Labute approximate surface area is 194 Å². The van der Waals surface area contributed by atoms with Gasteiger partial charge in [-0.05, 0) is 19.1 Å². The summed E-state index contributed by atoms with van der Waals surface area (Å²) in [6.07, 6.45) is 4.16. The van der Waals surface area contributed by atoms with E-state index in [1.165, 1.54) is 13.2 Å². The number of rotatable bonds is 6. The van der Waals surface area contributed by atoms with Crippen LogP contribution in [0.4, 0.5) is 0 Å². The molecule has 0 radical (unpaired) electrons. The Bertz CT molecular complexity index is 1350. The standard InChI is InChI=1S/C23H25N5O4S/c1-15-18(28-9-11-33-23(28)25-15)14-26-6-5-17-21(22(30)24-13-16-4-3-10-32-16)19(31-2)12-20(29)27(17)8-7-26/h3-4,9-12H,5-8,13-14H2,1-2H3,(H,24,30). The minimum atomic E-state index is -0.285. The van der Waals surface area contributed by atoms with E-state index in [9.17, 15) is 9.59 Å². The number of pyridine rings is 1. The number of carbonyl (C=O) groups is 1. The van der Waals surface area contributed by atoms with Crippen LogP contribution in [0.3, 0.4) is 0 Å². The first-order valence-corrected chi connectivity index (χ1v) is 11.7.